The first-order valence-corrected chi connectivity index (χ1v) is 6.88. The summed E-state index contributed by atoms with van der Waals surface area (Å²) in [6.07, 6.45) is 0.890. The summed E-state index contributed by atoms with van der Waals surface area (Å²) in [6.45, 7) is 2.12. The predicted octanol–water partition coefficient (Wildman–Crippen LogP) is 4.06. The molecule has 1 unspecified atom stereocenters. The lowest BCUT2D eigenvalue weighted by atomic mass is 10.0. The Labute approximate surface area is 108 Å². The molecule has 0 spiro atoms. The highest BCUT2D eigenvalue weighted by Gasteiger charge is 2.11. The molecule has 1 aromatic carbocycles. The molecular weight excluding hydrogens is 282 g/mol. The second kappa shape index (κ2) is 5.13. The van der Waals surface area contributed by atoms with Gasteiger partial charge in [0.15, 0.2) is 0 Å². The third-order valence-corrected chi connectivity index (χ3v) is 4.23. The van der Waals surface area contributed by atoms with Crippen molar-refractivity contribution in [3.8, 4) is 0 Å². The van der Waals surface area contributed by atoms with Crippen LogP contribution in [0.4, 0.5) is 0 Å². The molecule has 2 aromatic rings. The molecule has 2 rings (SSSR count). The lowest BCUT2D eigenvalue weighted by Gasteiger charge is -2.11. The van der Waals surface area contributed by atoms with Gasteiger partial charge >= 0.3 is 0 Å². The van der Waals surface area contributed by atoms with E-state index in [-0.39, 0.29) is 6.04 Å². The number of hydrogen-bond donors (Lipinski definition) is 1. The molecule has 16 heavy (non-hydrogen) atoms. The molecule has 1 atom stereocenters. The van der Waals surface area contributed by atoms with Crippen molar-refractivity contribution in [2.75, 3.05) is 0 Å². The summed E-state index contributed by atoms with van der Waals surface area (Å²) in [7, 11) is 0. The predicted molar refractivity (Wildman–Crippen MR) is 73.8 cm³/mol. The second-order valence-corrected chi connectivity index (χ2v) is 5.77. The first kappa shape index (κ1) is 11.8. The van der Waals surface area contributed by atoms with E-state index in [9.17, 15) is 0 Å². The van der Waals surface area contributed by atoms with Gasteiger partial charge in [0.1, 0.15) is 0 Å². The highest BCUT2D eigenvalue weighted by molar-refractivity contribution is 9.10. The van der Waals surface area contributed by atoms with Crippen LogP contribution < -0.4 is 5.73 Å². The van der Waals surface area contributed by atoms with Crippen LogP contribution in [0.3, 0.4) is 0 Å². The number of rotatable bonds is 3. The van der Waals surface area contributed by atoms with Gasteiger partial charge in [0, 0.05) is 15.4 Å². The SMILES string of the molecule is Cc1ccsc1C(N)Cc1cccc(Br)c1. The summed E-state index contributed by atoms with van der Waals surface area (Å²) in [5.74, 6) is 0. The Hall–Kier alpha value is -0.640. The molecule has 0 amide bonds. The van der Waals surface area contributed by atoms with E-state index in [0.717, 1.165) is 10.9 Å². The van der Waals surface area contributed by atoms with E-state index in [1.54, 1.807) is 11.3 Å². The molecule has 0 bridgehead atoms. The maximum atomic E-state index is 6.22. The van der Waals surface area contributed by atoms with Gasteiger partial charge < -0.3 is 5.73 Å². The van der Waals surface area contributed by atoms with Crippen molar-refractivity contribution in [2.45, 2.75) is 19.4 Å². The number of halogens is 1. The van der Waals surface area contributed by atoms with Gasteiger partial charge in [-0.15, -0.1) is 11.3 Å². The monoisotopic (exact) mass is 295 g/mol. The summed E-state index contributed by atoms with van der Waals surface area (Å²) in [4.78, 5) is 1.29. The Morgan fingerprint density at radius 1 is 1.38 bits per heavy atom. The number of aryl methyl sites for hydroxylation is 1. The first-order chi connectivity index (χ1) is 7.66. The highest BCUT2D eigenvalue weighted by Crippen LogP contribution is 2.25. The second-order valence-electron chi connectivity index (χ2n) is 3.91. The molecule has 2 N–H and O–H groups in total. The zero-order valence-corrected chi connectivity index (χ0v) is 11.5. The number of hydrogen-bond acceptors (Lipinski definition) is 2. The van der Waals surface area contributed by atoms with Crippen LogP contribution in [0.1, 0.15) is 22.0 Å². The van der Waals surface area contributed by atoms with Crippen LogP contribution in [0, 0.1) is 6.92 Å². The fourth-order valence-corrected chi connectivity index (χ4v) is 3.15. The Kier molecular flexibility index (Phi) is 3.79. The molecule has 1 aromatic heterocycles. The van der Waals surface area contributed by atoms with Crippen molar-refractivity contribution in [3.05, 3.63) is 56.2 Å². The first-order valence-electron chi connectivity index (χ1n) is 5.21. The zero-order chi connectivity index (χ0) is 11.5. The maximum absolute atomic E-state index is 6.22. The Bertz CT molecular complexity index is 478. The fourth-order valence-electron chi connectivity index (χ4n) is 1.77. The lowest BCUT2D eigenvalue weighted by Crippen LogP contribution is -2.12. The van der Waals surface area contributed by atoms with Crippen molar-refractivity contribution in [1.29, 1.82) is 0 Å². The van der Waals surface area contributed by atoms with Crippen LogP contribution in [0.15, 0.2) is 40.2 Å². The van der Waals surface area contributed by atoms with Crippen LogP contribution in [0.25, 0.3) is 0 Å². The Morgan fingerprint density at radius 3 is 2.81 bits per heavy atom. The van der Waals surface area contributed by atoms with Gasteiger partial charge in [0.05, 0.1) is 0 Å². The molecule has 0 fully saturated rings. The minimum absolute atomic E-state index is 0.106. The molecule has 84 valence electrons. The molecule has 0 aliphatic heterocycles. The molecular formula is C13H14BrNS. The fraction of sp³-hybridized carbons (Fsp3) is 0.231. The van der Waals surface area contributed by atoms with Crippen molar-refractivity contribution in [3.63, 3.8) is 0 Å². The van der Waals surface area contributed by atoms with Crippen molar-refractivity contribution in [1.82, 2.24) is 0 Å². The van der Waals surface area contributed by atoms with Gasteiger partial charge in [-0.1, -0.05) is 28.1 Å². The van der Waals surface area contributed by atoms with E-state index in [0.29, 0.717) is 0 Å². The molecule has 1 heterocycles. The standard InChI is InChI=1S/C13H14BrNS/c1-9-5-6-16-13(9)12(15)8-10-3-2-4-11(14)7-10/h2-7,12H,8,15H2,1H3. The largest absolute Gasteiger partial charge is 0.323 e. The third-order valence-electron chi connectivity index (χ3n) is 2.58. The smallest absolute Gasteiger partial charge is 0.0433 e. The minimum Gasteiger partial charge on any atom is -0.323 e. The Balaban J connectivity index is 2.14. The normalized spacial score (nSPS) is 12.7. The van der Waals surface area contributed by atoms with Crippen molar-refractivity contribution >= 4 is 27.3 Å². The highest BCUT2D eigenvalue weighted by atomic mass is 79.9. The van der Waals surface area contributed by atoms with E-state index < -0.39 is 0 Å². The maximum Gasteiger partial charge on any atom is 0.0433 e. The molecule has 0 radical (unpaired) electrons. The molecule has 0 saturated carbocycles. The summed E-state index contributed by atoms with van der Waals surface area (Å²) < 4.78 is 1.11. The van der Waals surface area contributed by atoms with Gasteiger partial charge in [0.2, 0.25) is 0 Å². The third kappa shape index (κ3) is 2.73. The van der Waals surface area contributed by atoms with E-state index in [1.165, 1.54) is 16.0 Å². The summed E-state index contributed by atoms with van der Waals surface area (Å²) >= 11 is 5.22. The van der Waals surface area contributed by atoms with Gasteiger partial charge in [0.25, 0.3) is 0 Å². The van der Waals surface area contributed by atoms with Gasteiger partial charge in [-0.3, -0.25) is 0 Å². The van der Waals surface area contributed by atoms with Gasteiger partial charge in [-0.05, 0) is 48.1 Å². The summed E-state index contributed by atoms with van der Waals surface area (Å²) in [5.41, 5.74) is 8.79. The van der Waals surface area contributed by atoms with Crippen molar-refractivity contribution in [2.24, 2.45) is 5.73 Å². The van der Waals surface area contributed by atoms with Crippen molar-refractivity contribution < 1.29 is 0 Å². The van der Waals surface area contributed by atoms with E-state index in [4.69, 9.17) is 5.73 Å². The van der Waals surface area contributed by atoms with E-state index in [2.05, 4.69) is 46.4 Å². The van der Waals surface area contributed by atoms with Crippen LogP contribution in [-0.2, 0) is 6.42 Å². The quantitative estimate of drug-likeness (QED) is 0.908. The van der Waals surface area contributed by atoms with Gasteiger partial charge in [-0.2, -0.15) is 0 Å². The minimum atomic E-state index is 0.106. The average Bonchev–Trinajstić information content (AvgIpc) is 2.64. The van der Waals surface area contributed by atoms with Crippen LogP contribution in [-0.4, -0.2) is 0 Å². The van der Waals surface area contributed by atoms with E-state index >= 15 is 0 Å². The number of benzene rings is 1. The molecule has 0 saturated heterocycles. The number of nitrogens with two attached hydrogens (primary N) is 1. The van der Waals surface area contributed by atoms with Crippen LogP contribution in [0.2, 0.25) is 0 Å². The van der Waals surface area contributed by atoms with E-state index in [1.807, 2.05) is 12.1 Å². The Morgan fingerprint density at radius 2 is 2.19 bits per heavy atom. The molecule has 1 nitrogen and oxygen atoms in total. The zero-order valence-electron chi connectivity index (χ0n) is 9.11. The molecule has 3 heteroatoms. The van der Waals surface area contributed by atoms with Gasteiger partial charge in [-0.25, -0.2) is 0 Å². The average molecular weight is 296 g/mol. The van der Waals surface area contributed by atoms with Crippen LogP contribution >= 0.6 is 27.3 Å². The van der Waals surface area contributed by atoms with Crippen LogP contribution in [0.5, 0.6) is 0 Å². The summed E-state index contributed by atoms with van der Waals surface area (Å²) in [6, 6.07) is 10.6. The molecule has 0 aliphatic carbocycles. The topological polar surface area (TPSA) is 26.0 Å². The number of thiophene rings is 1. The lowest BCUT2D eigenvalue weighted by molar-refractivity contribution is 0.732. The molecule has 0 aliphatic rings. The summed E-state index contributed by atoms with van der Waals surface area (Å²) in [5, 5.41) is 2.10.